The van der Waals surface area contributed by atoms with Gasteiger partial charge in [0.15, 0.2) is 0 Å². The molecule has 134 valence electrons. The van der Waals surface area contributed by atoms with E-state index in [1.165, 1.54) is 16.4 Å². The van der Waals surface area contributed by atoms with E-state index in [9.17, 15) is 13.2 Å². The molecule has 9 heteroatoms. The van der Waals surface area contributed by atoms with Crippen LogP contribution in [0, 0.1) is 5.92 Å². The lowest BCUT2D eigenvalue weighted by atomic mass is 10.0. The standard InChI is InChI=1S/C15H21N3O4S.ClH/c19-15(17-11-12-9-16-10-12)13-1-3-14(4-2-13)23(20,21)18-5-7-22-8-6-18;/h1-4,12,16H,5-11H2,(H,17,19);1H. The van der Waals surface area contributed by atoms with Gasteiger partial charge in [-0.25, -0.2) is 8.42 Å². The van der Waals surface area contributed by atoms with Crippen LogP contribution in [-0.4, -0.2) is 64.6 Å². The Morgan fingerprint density at radius 2 is 1.83 bits per heavy atom. The summed E-state index contributed by atoms with van der Waals surface area (Å²) in [5, 5.41) is 6.02. The topological polar surface area (TPSA) is 87.7 Å². The Kier molecular flexibility index (Phi) is 6.59. The smallest absolute Gasteiger partial charge is 0.251 e. The average molecular weight is 376 g/mol. The molecule has 2 aliphatic rings. The van der Waals surface area contributed by atoms with Crippen molar-refractivity contribution in [2.75, 3.05) is 45.9 Å². The van der Waals surface area contributed by atoms with E-state index in [0.29, 0.717) is 44.3 Å². The number of carbonyl (C=O) groups is 1. The van der Waals surface area contributed by atoms with Gasteiger partial charge in [-0.15, -0.1) is 12.4 Å². The van der Waals surface area contributed by atoms with Crippen LogP contribution >= 0.6 is 12.4 Å². The maximum Gasteiger partial charge on any atom is 0.251 e. The summed E-state index contributed by atoms with van der Waals surface area (Å²) < 4.78 is 31.6. The summed E-state index contributed by atoms with van der Waals surface area (Å²) in [7, 11) is -3.51. The molecule has 3 rings (SSSR count). The zero-order valence-electron chi connectivity index (χ0n) is 13.2. The number of nitrogens with one attached hydrogen (secondary N) is 2. The number of sulfonamides is 1. The number of ether oxygens (including phenoxy) is 1. The quantitative estimate of drug-likeness (QED) is 0.761. The molecule has 7 nitrogen and oxygen atoms in total. The lowest BCUT2D eigenvalue weighted by Crippen LogP contribution is -2.48. The monoisotopic (exact) mass is 375 g/mol. The Labute approximate surface area is 148 Å². The zero-order chi connectivity index (χ0) is 16.3. The molecule has 0 aliphatic carbocycles. The number of amides is 1. The van der Waals surface area contributed by atoms with Crippen LogP contribution < -0.4 is 10.6 Å². The second-order valence-electron chi connectivity index (χ2n) is 5.78. The van der Waals surface area contributed by atoms with Gasteiger partial charge in [0, 0.05) is 44.2 Å². The van der Waals surface area contributed by atoms with Crippen LogP contribution in [0.3, 0.4) is 0 Å². The van der Waals surface area contributed by atoms with Crippen LogP contribution in [0.5, 0.6) is 0 Å². The molecule has 2 saturated heterocycles. The normalized spacial score (nSPS) is 19.2. The fourth-order valence-corrected chi connectivity index (χ4v) is 3.95. The lowest BCUT2D eigenvalue weighted by Gasteiger charge is -2.27. The first-order valence-corrected chi connectivity index (χ1v) is 9.18. The van der Waals surface area contributed by atoms with Gasteiger partial charge < -0.3 is 15.4 Å². The maximum absolute atomic E-state index is 12.5. The zero-order valence-corrected chi connectivity index (χ0v) is 14.9. The Morgan fingerprint density at radius 1 is 1.21 bits per heavy atom. The van der Waals surface area contributed by atoms with E-state index in [1.54, 1.807) is 12.1 Å². The van der Waals surface area contributed by atoms with Gasteiger partial charge in [0.05, 0.1) is 18.1 Å². The van der Waals surface area contributed by atoms with Crippen LogP contribution in [0.25, 0.3) is 0 Å². The van der Waals surface area contributed by atoms with E-state index in [0.717, 1.165) is 13.1 Å². The molecule has 1 aromatic carbocycles. The van der Waals surface area contributed by atoms with Crippen LogP contribution in [0.4, 0.5) is 0 Å². The number of halogens is 1. The van der Waals surface area contributed by atoms with Gasteiger partial charge in [0.25, 0.3) is 5.91 Å². The molecule has 0 unspecified atom stereocenters. The summed E-state index contributed by atoms with van der Waals surface area (Å²) in [6.07, 6.45) is 0. The van der Waals surface area contributed by atoms with Crippen LogP contribution in [0.2, 0.25) is 0 Å². The highest BCUT2D eigenvalue weighted by molar-refractivity contribution is 7.89. The third kappa shape index (κ3) is 4.25. The lowest BCUT2D eigenvalue weighted by molar-refractivity contribution is 0.0730. The molecule has 1 aromatic rings. The van der Waals surface area contributed by atoms with Crippen molar-refractivity contribution >= 4 is 28.3 Å². The highest BCUT2D eigenvalue weighted by Gasteiger charge is 2.26. The average Bonchev–Trinajstić information content (AvgIpc) is 2.54. The van der Waals surface area contributed by atoms with Crippen LogP contribution in [0.15, 0.2) is 29.2 Å². The molecule has 0 spiro atoms. The number of hydrogen-bond donors (Lipinski definition) is 2. The maximum atomic E-state index is 12.5. The highest BCUT2D eigenvalue weighted by Crippen LogP contribution is 2.17. The van der Waals surface area contributed by atoms with Crippen molar-refractivity contribution < 1.29 is 17.9 Å². The highest BCUT2D eigenvalue weighted by atomic mass is 35.5. The van der Waals surface area contributed by atoms with Gasteiger partial charge in [-0.05, 0) is 24.3 Å². The Bertz CT molecular complexity index is 656. The molecule has 0 atom stereocenters. The van der Waals surface area contributed by atoms with Gasteiger partial charge in [0.1, 0.15) is 0 Å². The van der Waals surface area contributed by atoms with Crippen molar-refractivity contribution in [2.45, 2.75) is 4.90 Å². The molecule has 0 aromatic heterocycles. The summed E-state index contributed by atoms with van der Waals surface area (Å²) in [5.41, 5.74) is 0.471. The minimum Gasteiger partial charge on any atom is -0.379 e. The number of hydrogen-bond acceptors (Lipinski definition) is 5. The van der Waals surface area contributed by atoms with E-state index < -0.39 is 10.0 Å². The molecule has 2 heterocycles. The van der Waals surface area contributed by atoms with Gasteiger partial charge in [0.2, 0.25) is 10.0 Å². The molecule has 2 N–H and O–H groups in total. The van der Waals surface area contributed by atoms with Crippen LogP contribution in [-0.2, 0) is 14.8 Å². The number of benzene rings is 1. The number of nitrogens with zero attached hydrogens (tertiary/aromatic N) is 1. The van der Waals surface area contributed by atoms with E-state index in [2.05, 4.69) is 10.6 Å². The van der Waals surface area contributed by atoms with Crippen molar-refractivity contribution in [2.24, 2.45) is 5.92 Å². The van der Waals surface area contributed by atoms with Gasteiger partial charge in [-0.1, -0.05) is 0 Å². The molecule has 1 amide bonds. The first-order valence-electron chi connectivity index (χ1n) is 7.74. The molecule has 0 saturated carbocycles. The number of rotatable bonds is 5. The molecule has 2 aliphatic heterocycles. The van der Waals surface area contributed by atoms with Crippen molar-refractivity contribution in [3.63, 3.8) is 0 Å². The minimum absolute atomic E-state index is 0. The third-order valence-corrected chi connectivity index (χ3v) is 6.05. The van der Waals surface area contributed by atoms with E-state index in [-0.39, 0.29) is 23.2 Å². The van der Waals surface area contributed by atoms with Crippen molar-refractivity contribution in [3.05, 3.63) is 29.8 Å². The summed E-state index contributed by atoms with van der Waals surface area (Å²) in [6, 6.07) is 6.10. The van der Waals surface area contributed by atoms with E-state index in [1.807, 2.05) is 0 Å². The SMILES string of the molecule is Cl.O=C(NCC1CNC1)c1ccc(S(=O)(=O)N2CCOCC2)cc1. The molecular formula is C15H22ClN3O4S. The predicted molar refractivity (Wildman–Crippen MR) is 92.0 cm³/mol. The van der Waals surface area contributed by atoms with Crippen molar-refractivity contribution in [3.8, 4) is 0 Å². The Morgan fingerprint density at radius 3 is 2.38 bits per heavy atom. The van der Waals surface area contributed by atoms with Gasteiger partial charge in [-0.2, -0.15) is 4.31 Å². The molecule has 0 bridgehead atoms. The first-order chi connectivity index (χ1) is 11.1. The largest absolute Gasteiger partial charge is 0.379 e. The number of carbonyl (C=O) groups excluding carboxylic acids is 1. The second-order valence-corrected chi connectivity index (χ2v) is 7.71. The minimum atomic E-state index is -3.51. The third-order valence-electron chi connectivity index (χ3n) is 4.14. The molecular weight excluding hydrogens is 354 g/mol. The van der Waals surface area contributed by atoms with Crippen molar-refractivity contribution in [1.29, 1.82) is 0 Å². The summed E-state index contributed by atoms with van der Waals surface area (Å²) in [6.45, 7) is 4.04. The van der Waals surface area contributed by atoms with Crippen LogP contribution in [0.1, 0.15) is 10.4 Å². The molecule has 24 heavy (non-hydrogen) atoms. The van der Waals surface area contributed by atoms with E-state index >= 15 is 0 Å². The van der Waals surface area contributed by atoms with Crippen molar-refractivity contribution in [1.82, 2.24) is 14.9 Å². The molecule has 2 fully saturated rings. The fourth-order valence-electron chi connectivity index (χ4n) is 2.55. The first kappa shape index (κ1) is 19.1. The summed E-state index contributed by atoms with van der Waals surface area (Å²) in [4.78, 5) is 12.3. The number of morpholine rings is 1. The molecule has 0 radical (unpaired) electrons. The summed E-state index contributed by atoms with van der Waals surface area (Å²) in [5.74, 6) is 0.312. The van der Waals surface area contributed by atoms with Gasteiger partial charge in [-0.3, -0.25) is 4.79 Å². The summed E-state index contributed by atoms with van der Waals surface area (Å²) >= 11 is 0. The predicted octanol–water partition coefficient (Wildman–Crippen LogP) is 0.0785. The fraction of sp³-hybridized carbons (Fsp3) is 0.533. The van der Waals surface area contributed by atoms with E-state index in [4.69, 9.17) is 4.74 Å². The Hall–Kier alpha value is -1.19. The second kappa shape index (κ2) is 8.26. The Balaban J connectivity index is 0.00000208. The van der Waals surface area contributed by atoms with Gasteiger partial charge >= 0.3 is 0 Å².